The molecule has 1 aliphatic heterocycles. The molecule has 1 amide bonds. The maximum absolute atomic E-state index is 12.6. The second kappa shape index (κ2) is 8.01. The number of hydrogen-bond acceptors (Lipinski definition) is 4. The number of hydrogen-bond donors (Lipinski definition) is 1. The van der Waals surface area contributed by atoms with Crippen molar-refractivity contribution < 1.29 is 14.3 Å². The Morgan fingerprint density at radius 3 is 2.59 bits per heavy atom. The van der Waals surface area contributed by atoms with Gasteiger partial charge in [-0.15, -0.1) is 0 Å². The number of ether oxygens (including phenoxy) is 2. The predicted molar refractivity (Wildman–Crippen MR) is 105 cm³/mol. The van der Waals surface area contributed by atoms with Crippen molar-refractivity contribution in [3.8, 4) is 11.5 Å². The van der Waals surface area contributed by atoms with E-state index >= 15 is 0 Å². The van der Waals surface area contributed by atoms with Gasteiger partial charge in [-0.2, -0.15) is 0 Å². The van der Waals surface area contributed by atoms with Crippen LogP contribution in [0.15, 0.2) is 42.5 Å². The number of nitrogens with zero attached hydrogens (tertiary/aromatic N) is 1. The highest BCUT2D eigenvalue weighted by atomic mass is 16.7. The molecule has 5 nitrogen and oxygen atoms in total. The lowest BCUT2D eigenvalue weighted by Gasteiger charge is -2.28. The summed E-state index contributed by atoms with van der Waals surface area (Å²) >= 11 is 0. The first-order valence-corrected chi connectivity index (χ1v) is 9.66. The quantitative estimate of drug-likeness (QED) is 0.836. The van der Waals surface area contributed by atoms with Crippen LogP contribution in [0.4, 0.5) is 5.69 Å². The van der Waals surface area contributed by atoms with Crippen molar-refractivity contribution in [2.75, 3.05) is 18.7 Å². The molecule has 27 heavy (non-hydrogen) atoms. The molecule has 2 aromatic rings. The normalized spacial score (nSPS) is 16.1. The van der Waals surface area contributed by atoms with Gasteiger partial charge in [0, 0.05) is 18.3 Å². The average molecular weight is 366 g/mol. The minimum atomic E-state index is 0.0338. The van der Waals surface area contributed by atoms with Crippen LogP contribution in [-0.2, 0) is 11.3 Å². The van der Waals surface area contributed by atoms with Crippen molar-refractivity contribution in [1.82, 2.24) is 4.90 Å². The molecular weight excluding hydrogens is 340 g/mol. The number of aryl methyl sites for hydroxylation is 1. The summed E-state index contributed by atoms with van der Waals surface area (Å²) in [5.74, 6) is 1.62. The summed E-state index contributed by atoms with van der Waals surface area (Å²) < 4.78 is 10.9. The van der Waals surface area contributed by atoms with Gasteiger partial charge in [-0.05, 0) is 49.6 Å². The van der Waals surface area contributed by atoms with E-state index in [2.05, 4.69) is 16.3 Å². The lowest BCUT2D eigenvalue weighted by Crippen LogP contribution is -2.39. The first-order chi connectivity index (χ1) is 13.2. The van der Waals surface area contributed by atoms with Crippen LogP contribution in [0.3, 0.4) is 0 Å². The molecule has 5 heteroatoms. The number of amides is 1. The van der Waals surface area contributed by atoms with E-state index in [0.717, 1.165) is 42.1 Å². The third kappa shape index (κ3) is 4.42. The molecular formula is C22H26N2O3. The fourth-order valence-corrected chi connectivity index (χ4v) is 3.88. The molecule has 0 radical (unpaired) electrons. The van der Waals surface area contributed by atoms with E-state index in [4.69, 9.17) is 9.47 Å². The van der Waals surface area contributed by atoms with Crippen molar-refractivity contribution in [1.29, 1.82) is 0 Å². The fraction of sp³-hybridized carbons (Fsp3) is 0.409. The van der Waals surface area contributed by atoms with Gasteiger partial charge in [0.15, 0.2) is 11.5 Å². The molecule has 2 aliphatic rings. The van der Waals surface area contributed by atoms with Gasteiger partial charge in [-0.25, -0.2) is 0 Å². The Morgan fingerprint density at radius 1 is 1.07 bits per heavy atom. The average Bonchev–Trinajstić information content (AvgIpc) is 3.34. The zero-order chi connectivity index (χ0) is 18.6. The molecule has 0 aromatic heterocycles. The number of rotatable bonds is 6. The summed E-state index contributed by atoms with van der Waals surface area (Å²) in [6.45, 7) is 3.46. The summed E-state index contributed by atoms with van der Waals surface area (Å²) in [6, 6.07) is 14.4. The molecule has 0 bridgehead atoms. The van der Waals surface area contributed by atoms with E-state index in [1.54, 1.807) is 0 Å². The van der Waals surface area contributed by atoms with E-state index in [-0.39, 0.29) is 12.7 Å². The summed E-state index contributed by atoms with van der Waals surface area (Å²) in [7, 11) is 0. The lowest BCUT2D eigenvalue weighted by molar-refractivity contribution is -0.118. The first-order valence-electron chi connectivity index (χ1n) is 9.66. The van der Waals surface area contributed by atoms with E-state index in [9.17, 15) is 4.79 Å². The standard InChI is InChI=1S/C22H26N2O3/c1-16-6-9-18(10-7-16)23-22(25)14-24(19-4-2-3-5-19)13-17-8-11-20-21(12-17)27-15-26-20/h6-12,19H,2-5,13-15H2,1H3,(H,23,25). The molecule has 1 heterocycles. The fourth-order valence-electron chi connectivity index (χ4n) is 3.88. The maximum atomic E-state index is 12.6. The van der Waals surface area contributed by atoms with Gasteiger partial charge >= 0.3 is 0 Å². The van der Waals surface area contributed by atoms with Crippen LogP contribution in [-0.4, -0.2) is 30.2 Å². The molecule has 0 unspecified atom stereocenters. The number of nitrogens with one attached hydrogen (secondary N) is 1. The Bertz CT molecular complexity index is 798. The monoisotopic (exact) mass is 366 g/mol. The number of carbonyl (C=O) groups excluding carboxylic acids is 1. The molecule has 0 saturated heterocycles. The summed E-state index contributed by atoms with van der Waals surface area (Å²) in [5.41, 5.74) is 3.18. The molecule has 1 aliphatic carbocycles. The van der Waals surface area contributed by atoms with Crippen LogP contribution in [0.1, 0.15) is 36.8 Å². The Morgan fingerprint density at radius 2 is 1.81 bits per heavy atom. The highest BCUT2D eigenvalue weighted by Gasteiger charge is 2.25. The van der Waals surface area contributed by atoms with Crippen molar-refractivity contribution in [3.05, 3.63) is 53.6 Å². The molecule has 0 spiro atoms. The number of carbonyl (C=O) groups is 1. The zero-order valence-corrected chi connectivity index (χ0v) is 15.7. The molecule has 4 rings (SSSR count). The molecule has 1 N–H and O–H groups in total. The van der Waals surface area contributed by atoms with Crippen LogP contribution in [0.25, 0.3) is 0 Å². The number of benzene rings is 2. The van der Waals surface area contributed by atoms with Gasteiger partial charge < -0.3 is 14.8 Å². The number of fused-ring (bicyclic) bond motifs is 1. The minimum Gasteiger partial charge on any atom is -0.454 e. The molecule has 2 aromatic carbocycles. The third-order valence-electron chi connectivity index (χ3n) is 5.35. The highest BCUT2D eigenvalue weighted by molar-refractivity contribution is 5.92. The molecule has 142 valence electrons. The molecule has 1 saturated carbocycles. The van der Waals surface area contributed by atoms with Crippen molar-refractivity contribution in [3.63, 3.8) is 0 Å². The second-order valence-electron chi connectivity index (χ2n) is 7.45. The highest BCUT2D eigenvalue weighted by Crippen LogP contribution is 2.33. The smallest absolute Gasteiger partial charge is 0.238 e. The van der Waals surface area contributed by atoms with Crippen LogP contribution < -0.4 is 14.8 Å². The third-order valence-corrected chi connectivity index (χ3v) is 5.35. The number of anilines is 1. The predicted octanol–water partition coefficient (Wildman–Crippen LogP) is 4.11. The summed E-state index contributed by atoms with van der Waals surface area (Å²) in [6.07, 6.45) is 4.79. The van der Waals surface area contributed by atoms with Crippen molar-refractivity contribution in [2.24, 2.45) is 0 Å². The maximum Gasteiger partial charge on any atom is 0.238 e. The van der Waals surface area contributed by atoms with Crippen molar-refractivity contribution in [2.45, 2.75) is 45.2 Å². The van der Waals surface area contributed by atoms with Gasteiger partial charge in [0.05, 0.1) is 6.54 Å². The van der Waals surface area contributed by atoms with Crippen LogP contribution in [0.2, 0.25) is 0 Å². The van der Waals surface area contributed by atoms with Gasteiger partial charge in [0.2, 0.25) is 12.7 Å². The van der Waals surface area contributed by atoms with Gasteiger partial charge in [0.1, 0.15) is 0 Å². The van der Waals surface area contributed by atoms with Gasteiger partial charge in [-0.1, -0.05) is 36.6 Å². The lowest BCUT2D eigenvalue weighted by atomic mass is 10.1. The van der Waals surface area contributed by atoms with Gasteiger partial charge in [-0.3, -0.25) is 9.69 Å². The summed E-state index contributed by atoms with van der Waals surface area (Å²) in [5, 5.41) is 3.03. The second-order valence-corrected chi connectivity index (χ2v) is 7.45. The van der Waals surface area contributed by atoms with E-state index in [1.165, 1.54) is 18.4 Å². The Labute approximate surface area is 160 Å². The topological polar surface area (TPSA) is 50.8 Å². The molecule has 1 fully saturated rings. The minimum absolute atomic E-state index is 0.0338. The zero-order valence-electron chi connectivity index (χ0n) is 15.7. The Kier molecular flexibility index (Phi) is 5.30. The van der Waals surface area contributed by atoms with Crippen molar-refractivity contribution >= 4 is 11.6 Å². The van der Waals surface area contributed by atoms with Crippen LogP contribution in [0, 0.1) is 6.92 Å². The Hall–Kier alpha value is -2.53. The van der Waals surface area contributed by atoms with E-state index in [1.807, 2.05) is 43.3 Å². The first kappa shape index (κ1) is 17.9. The van der Waals surface area contributed by atoms with Gasteiger partial charge in [0.25, 0.3) is 0 Å². The van der Waals surface area contributed by atoms with Crippen LogP contribution in [0.5, 0.6) is 11.5 Å². The summed E-state index contributed by atoms with van der Waals surface area (Å²) in [4.78, 5) is 14.9. The van der Waals surface area contributed by atoms with E-state index in [0.29, 0.717) is 12.6 Å². The van der Waals surface area contributed by atoms with Crippen LogP contribution >= 0.6 is 0 Å². The molecule has 0 atom stereocenters. The largest absolute Gasteiger partial charge is 0.454 e. The Balaban J connectivity index is 1.44. The SMILES string of the molecule is Cc1ccc(NC(=O)CN(Cc2ccc3c(c2)OCO3)C2CCCC2)cc1. The van der Waals surface area contributed by atoms with E-state index < -0.39 is 0 Å².